The van der Waals surface area contributed by atoms with E-state index in [9.17, 15) is 4.39 Å². The van der Waals surface area contributed by atoms with E-state index in [0.29, 0.717) is 11.6 Å². The van der Waals surface area contributed by atoms with Crippen LogP contribution in [0.1, 0.15) is 5.69 Å². The average molecular weight is 232 g/mol. The first-order valence-corrected chi connectivity index (χ1v) is 5.19. The molecule has 0 bridgehead atoms. The van der Waals surface area contributed by atoms with E-state index in [1.807, 2.05) is 13.0 Å². The van der Waals surface area contributed by atoms with Crippen LogP contribution in [0.2, 0.25) is 0 Å². The van der Waals surface area contributed by atoms with Gasteiger partial charge in [0.25, 0.3) is 0 Å². The molecule has 0 spiro atoms. The lowest BCUT2D eigenvalue weighted by molar-refractivity contribution is 0.409. The van der Waals surface area contributed by atoms with Gasteiger partial charge in [0, 0.05) is 5.56 Å². The molecule has 4 heteroatoms. The minimum absolute atomic E-state index is 0.278. The van der Waals surface area contributed by atoms with Crippen LogP contribution in [0.3, 0.4) is 0 Å². The van der Waals surface area contributed by atoms with Gasteiger partial charge < -0.3 is 10.5 Å². The van der Waals surface area contributed by atoms with Crippen molar-refractivity contribution in [2.24, 2.45) is 0 Å². The lowest BCUT2D eigenvalue weighted by Gasteiger charge is -2.10. The molecule has 0 fully saturated rings. The molecule has 17 heavy (non-hydrogen) atoms. The third-order valence-corrected chi connectivity index (χ3v) is 2.57. The minimum Gasteiger partial charge on any atom is -0.495 e. The lowest BCUT2D eigenvalue weighted by Crippen LogP contribution is -1.99. The van der Waals surface area contributed by atoms with Gasteiger partial charge in [-0.1, -0.05) is 12.1 Å². The number of methoxy groups -OCH3 is 1. The van der Waals surface area contributed by atoms with Gasteiger partial charge in [-0.2, -0.15) is 0 Å². The first-order valence-electron chi connectivity index (χ1n) is 5.19. The molecule has 0 aliphatic carbocycles. The third-order valence-electron chi connectivity index (χ3n) is 2.57. The molecule has 3 nitrogen and oxygen atoms in total. The summed E-state index contributed by atoms with van der Waals surface area (Å²) in [5.74, 6) is 0.799. The van der Waals surface area contributed by atoms with Crippen molar-refractivity contribution in [3.63, 3.8) is 0 Å². The molecule has 0 saturated heterocycles. The summed E-state index contributed by atoms with van der Waals surface area (Å²) in [4.78, 5) is 4.20. The minimum atomic E-state index is -0.278. The van der Waals surface area contributed by atoms with Crippen LogP contribution in [-0.2, 0) is 0 Å². The predicted molar refractivity (Wildman–Crippen MR) is 65.3 cm³/mol. The van der Waals surface area contributed by atoms with E-state index >= 15 is 0 Å². The summed E-state index contributed by atoms with van der Waals surface area (Å²) in [6.07, 6.45) is 0. The Kier molecular flexibility index (Phi) is 2.95. The smallest absolute Gasteiger partial charge is 0.140 e. The number of hydrogen-bond donors (Lipinski definition) is 1. The molecule has 0 aliphatic rings. The van der Waals surface area contributed by atoms with Crippen LogP contribution in [0.5, 0.6) is 5.75 Å². The Bertz CT molecular complexity index is 538. The van der Waals surface area contributed by atoms with Crippen molar-refractivity contribution in [1.29, 1.82) is 0 Å². The standard InChI is InChI=1S/C13H13FN2O/c1-8-12(17-2)7-11(13(15)16-8)9-3-5-10(14)6-4-9/h3-7H,1-2H3,(H2,15,16). The van der Waals surface area contributed by atoms with Gasteiger partial charge in [-0.25, -0.2) is 9.37 Å². The summed E-state index contributed by atoms with van der Waals surface area (Å²) in [6.45, 7) is 1.82. The third kappa shape index (κ3) is 2.20. The number of benzene rings is 1. The van der Waals surface area contributed by atoms with Gasteiger partial charge in [0.1, 0.15) is 17.4 Å². The molecule has 0 amide bonds. The molecule has 1 aromatic heterocycles. The topological polar surface area (TPSA) is 48.1 Å². The Balaban J connectivity index is 2.55. The Morgan fingerprint density at radius 3 is 2.47 bits per heavy atom. The van der Waals surface area contributed by atoms with Gasteiger partial charge in [-0.3, -0.25) is 0 Å². The van der Waals surface area contributed by atoms with Crippen LogP contribution in [-0.4, -0.2) is 12.1 Å². The highest BCUT2D eigenvalue weighted by atomic mass is 19.1. The molecule has 0 unspecified atom stereocenters. The van der Waals surface area contributed by atoms with Crippen molar-refractivity contribution in [2.45, 2.75) is 6.92 Å². The summed E-state index contributed by atoms with van der Waals surface area (Å²) in [5.41, 5.74) is 8.14. The molecule has 0 atom stereocenters. The summed E-state index contributed by atoms with van der Waals surface area (Å²) in [5, 5.41) is 0. The number of anilines is 1. The monoisotopic (exact) mass is 232 g/mol. The number of rotatable bonds is 2. The highest BCUT2D eigenvalue weighted by molar-refractivity contribution is 5.75. The average Bonchev–Trinajstić information content (AvgIpc) is 2.31. The number of aryl methyl sites for hydroxylation is 1. The van der Waals surface area contributed by atoms with Crippen LogP contribution < -0.4 is 10.5 Å². The van der Waals surface area contributed by atoms with Crippen molar-refractivity contribution >= 4 is 5.82 Å². The second-order valence-electron chi connectivity index (χ2n) is 3.72. The quantitative estimate of drug-likeness (QED) is 0.866. The molecule has 1 aromatic carbocycles. The van der Waals surface area contributed by atoms with Crippen LogP contribution in [0.25, 0.3) is 11.1 Å². The zero-order valence-corrected chi connectivity index (χ0v) is 9.70. The zero-order chi connectivity index (χ0) is 12.4. The Labute approximate surface area is 99.1 Å². The van der Waals surface area contributed by atoms with Crippen LogP contribution >= 0.6 is 0 Å². The molecule has 0 radical (unpaired) electrons. The van der Waals surface area contributed by atoms with E-state index in [-0.39, 0.29) is 5.82 Å². The maximum atomic E-state index is 12.8. The Morgan fingerprint density at radius 1 is 1.24 bits per heavy atom. The fourth-order valence-electron chi connectivity index (χ4n) is 1.67. The molecule has 2 N–H and O–H groups in total. The second kappa shape index (κ2) is 4.41. The number of halogens is 1. The molecule has 88 valence electrons. The molecule has 2 rings (SSSR count). The van der Waals surface area contributed by atoms with Gasteiger partial charge in [-0.05, 0) is 30.7 Å². The van der Waals surface area contributed by atoms with Gasteiger partial charge in [0.2, 0.25) is 0 Å². The molecule has 0 saturated carbocycles. The molecular weight excluding hydrogens is 219 g/mol. The summed E-state index contributed by atoms with van der Waals surface area (Å²) in [6, 6.07) is 7.92. The van der Waals surface area contributed by atoms with Crippen molar-refractivity contribution in [3.05, 3.63) is 41.8 Å². The van der Waals surface area contributed by atoms with Gasteiger partial charge in [0.05, 0.1) is 12.8 Å². The maximum absolute atomic E-state index is 12.8. The first kappa shape index (κ1) is 11.4. The fraction of sp³-hybridized carbons (Fsp3) is 0.154. The Morgan fingerprint density at radius 2 is 1.88 bits per heavy atom. The van der Waals surface area contributed by atoms with Gasteiger partial charge >= 0.3 is 0 Å². The van der Waals surface area contributed by atoms with E-state index in [0.717, 1.165) is 16.8 Å². The van der Waals surface area contributed by atoms with Crippen molar-refractivity contribution in [2.75, 3.05) is 12.8 Å². The largest absolute Gasteiger partial charge is 0.495 e. The number of nitrogen functional groups attached to an aromatic ring is 1. The van der Waals surface area contributed by atoms with Gasteiger partial charge in [0.15, 0.2) is 0 Å². The highest BCUT2D eigenvalue weighted by Crippen LogP contribution is 2.30. The van der Waals surface area contributed by atoms with Crippen molar-refractivity contribution in [3.8, 4) is 16.9 Å². The predicted octanol–water partition coefficient (Wildman–Crippen LogP) is 2.79. The van der Waals surface area contributed by atoms with E-state index in [2.05, 4.69) is 4.98 Å². The van der Waals surface area contributed by atoms with E-state index < -0.39 is 0 Å². The SMILES string of the molecule is COc1cc(-c2ccc(F)cc2)c(N)nc1C. The fourth-order valence-corrected chi connectivity index (χ4v) is 1.67. The van der Waals surface area contributed by atoms with Crippen LogP contribution in [0.4, 0.5) is 10.2 Å². The van der Waals surface area contributed by atoms with Crippen LogP contribution in [0.15, 0.2) is 30.3 Å². The van der Waals surface area contributed by atoms with Crippen molar-refractivity contribution in [1.82, 2.24) is 4.98 Å². The van der Waals surface area contributed by atoms with Crippen molar-refractivity contribution < 1.29 is 9.13 Å². The molecule has 2 aromatic rings. The highest BCUT2D eigenvalue weighted by Gasteiger charge is 2.09. The normalized spacial score (nSPS) is 10.3. The summed E-state index contributed by atoms with van der Waals surface area (Å²) < 4.78 is 18.0. The first-order chi connectivity index (χ1) is 8.11. The summed E-state index contributed by atoms with van der Waals surface area (Å²) >= 11 is 0. The van der Waals surface area contributed by atoms with Gasteiger partial charge in [-0.15, -0.1) is 0 Å². The van der Waals surface area contributed by atoms with E-state index in [1.54, 1.807) is 19.2 Å². The van der Waals surface area contributed by atoms with E-state index in [4.69, 9.17) is 10.5 Å². The number of pyridine rings is 1. The van der Waals surface area contributed by atoms with E-state index in [1.165, 1.54) is 12.1 Å². The molecule has 0 aliphatic heterocycles. The van der Waals surface area contributed by atoms with Crippen LogP contribution in [0, 0.1) is 12.7 Å². The molecule has 1 heterocycles. The number of ether oxygens (including phenoxy) is 1. The lowest BCUT2D eigenvalue weighted by atomic mass is 10.1. The number of hydrogen-bond acceptors (Lipinski definition) is 3. The summed E-state index contributed by atoms with van der Waals surface area (Å²) in [7, 11) is 1.58. The Hall–Kier alpha value is -2.10. The zero-order valence-electron chi connectivity index (χ0n) is 9.70. The second-order valence-corrected chi connectivity index (χ2v) is 3.72. The number of aromatic nitrogens is 1. The number of nitrogens with zero attached hydrogens (tertiary/aromatic N) is 1. The molecular formula is C13H13FN2O. The number of nitrogens with two attached hydrogens (primary N) is 1. The maximum Gasteiger partial charge on any atom is 0.140 e.